The normalized spacial score (nSPS) is 11.0. The van der Waals surface area contributed by atoms with Gasteiger partial charge in [-0.25, -0.2) is 0 Å². The van der Waals surface area contributed by atoms with Gasteiger partial charge in [0.05, 0.1) is 10.7 Å². The Kier molecular flexibility index (Phi) is 7.66. The second kappa shape index (κ2) is 10.4. The van der Waals surface area contributed by atoms with E-state index in [4.69, 9.17) is 11.6 Å². The molecule has 0 aromatic heterocycles. The number of rotatable bonds is 8. The van der Waals surface area contributed by atoms with E-state index >= 15 is 0 Å². The minimum atomic E-state index is -0.247. The zero-order valence-electron chi connectivity index (χ0n) is 18.2. The van der Waals surface area contributed by atoms with Gasteiger partial charge in [-0.05, 0) is 60.6 Å². The molecule has 5 nitrogen and oxygen atoms in total. The van der Waals surface area contributed by atoms with Crippen molar-refractivity contribution in [2.24, 2.45) is 0 Å². The van der Waals surface area contributed by atoms with Gasteiger partial charge in [-0.2, -0.15) is 0 Å². The molecule has 2 N–H and O–H groups in total. The van der Waals surface area contributed by atoms with E-state index in [9.17, 15) is 9.59 Å². The Balaban J connectivity index is 1.70. The number of carbonyl (C=O) groups excluding carboxylic acids is 2. The van der Waals surface area contributed by atoms with E-state index < -0.39 is 0 Å². The number of hydrogen-bond donors (Lipinski definition) is 2. The molecule has 0 bridgehead atoms. The molecule has 0 fully saturated rings. The first-order valence-corrected chi connectivity index (χ1v) is 10.9. The van der Waals surface area contributed by atoms with Crippen molar-refractivity contribution in [3.05, 3.63) is 76.3 Å². The van der Waals surface area contributed by atoms with Crippen LogP contribution in [0.1, 0.15) is 40.1 Å². The molecule has 0 aliphatic carbocycles. The second-order valence-electron chi connectivity index (χ2n) is 7.45. The highest BCUT2D eigenvalue weighted by molar-refractivity contribution is 6.34. The minimum absolute atomic E-state index is 0.168. The van der Waals surface area contributed by atoms with Gasteiger partial charge >= 0.3 is 0 Å². The third-order valence-electron chi connectivity index (χ3n) is 5.43. The lowest BCUT2D eigenvalue weighted by Crippen LogP contribution is -2.35. The van der Waals surface area contributed by atoms with Gasteiger partial charge in [0.2, 0.25) is 0 Å². The van der Waals surface area contributed by atoms with Crippen LogP contribution < -0.4 is 10.6 Å². The first-order valence-electron chi connectivity index (χ1n) is 10.5. The molecule has 0 unspecified atom stereocenters. The zero-order valence-corrected chi connectivity index (χ0v) is 18.9. The largest absolute Gasteiger partial charge is 0.351 e. The molecule has 3 aromatic carbocycles. The highest BCUT2D eigenvalue weighted by Gasteiger charge is 2.15. The predicted molar refractivity (Wildman–Crippen MR) is 128 cm³/mol. The van der Waals surface area contributed by atoms with Gasteiger partial charge in [-0.3, -0.25) is 9.59 Å². The summed E-state index contributed by atoms with van der Waals surface area (Å²) in [5, 5.41) is 8.20. The number of nitrogens with zero attached hydrogens (tertiary/aromatic N) is 1. The van der Waals surface area contributed by atoms with Crippen LogP contribution in [0.5, 0.6) is 0 Å². The van der Waals surface area contributed by atoms with Crippen LogP contribution in [-0.4, -0.2) is 42.9 Å². The van der Waals surface area contributed by atoms with Crippen molar-refractivity contribution < 1.29 is 9.59 Å². The van der Waals surface area contributed by atoms with Gasteiger partial charge in [0.15, 0.2) is 0 Å². The summed E-state index contributed by atoms with van der Waals surface area (Å²) in [6.07, 6.45) is 0. The maximum atomic E-state index is 12.7. The summed E-state index contributed by atoms with van der Waals surface area (Å²) in [7, 11) is 0. The van der Waals surface area contributed by atoms with Crippen molar-refractivity contribution in [2.45, 2.75) is 20.8 Å². The average molecular weight is 438 g/mol. The van der Waals surface area contributed by atoms with E-state index in [1.165, 1.54) is 0 Å². The molecule has 0 aliphatic heterocycles. The SMILES string of the molecule is CCN(CC)CCNC(=O)c1cc(Cl)c(NC(=O)c2ccc3ccccc3c2)cc1C. The number of nitrogens with one attached hydrogen (secondary N) is 2. The molecule has 3 rings (SSSR count). The number of hydrogen-bond acceptors (Lipinski definition) is 3. The summed E-state index contributed by atoms with van der Waals surface area (Å²) in [6, 6.07) is 16.8. The van der Waals surface area contributed by atoms with Crippen LogP contribution in [0.2, 0.25) is 5.02 Å². The maximum Gasteiger partial charge on any atom is 0.255 e. The van der Waals surface area contributed by atoms with Crippen LogP contribution in [0, 0.1) is 6.92 Å². The molecular weight excluding hydrogens is 410 g/mol. The number of halogens is 1. The van der Waals surface area contributed by atoms with Gasteiger partial charge < -0.3 is 15.5 Å². The molecule has 162 valence electrons. The van der Waals surface area contributed by atoms with Crippen molar-refractivity contribution in [2.75, 3.05) is 31.5 Å². The Labute approximate surface area is 188 Å². The molecular formula is C25H28ClN3O2. The Hall–Kier alpha value is -2.89. The quantitative estimate of drug-likeness (QED) is 0.513. The first kappa shape index (κ1) is 22.8. The minimum Gasteiger partial charge on any atom is -0.351 e. The molecule has 0 heterocycles. The summed E-state index contributed by atoms with van der Waals surface area (Å²) in [4.78, 5) is 27.6. The van der Waals surface area contributed by atoms with Crippen molar-refractivity contribution in [1.29, 1.82) is 0 Å². The van der Waals surface area contributed by atoms with Gasteiger partial charge in [-0.1, -0.05) is 55.8 Å². The summed E-state index contributed by atoms with van der Waals surface area (Å²) in [5.74, 6) is -0.414. The summed E-state index contributed by atoms with van der Waals surface area (Å²) in [5.41, 5.74) is 2.29. The highest BCUT2D eigenvalue weighted by atomic mass is 35.5. The van der Waals surface area contributed by atoms with Gasteiger partial charge in [-0.15, -0.1) is 0 Å². The van der Waals surface area contributed by atoms with Crippen LogP contribution in [0.15, 0.2) is 54.6 Å². The van der Waals surface area contributed by atoms with Crippen LogP contribution in [0.25, 0.3) is 10.8 Å². The number of fused-ring (bicyclic) bond motifs is 1. The predicted octanol–water partition coefficient (Wildman–Crippen LogP) is 5.13. The monoisotopic (exact) mass is 437 g/mol. The van der Waals surface area contributed by atoms with E-state index in [1.807, 2.05) is 43.3 Å². The summed E-state index contributed by atoms with van der Waals surface area (Å²) in [6.45, 7) is 9.29. The second-order valence-corrected chi connectivity index (χ2v) is 7.85. The molecule has 0 atom stereocenters. The zero-order chi connectivity index (χ0) is 22.4. The molecule has 0 saturated heterocycles. The Morgan fingerprint density at radius 3 is 2.35 bits per heavy atom. The van der Waals surface area contributed by atoms with Crippen LogP contribution in [0.4, 0.5) is 5.69 Å². The topological polar surface area (TPSA) is 61.4 Å². The molecule has 31 heavy (non-hydrogen) atoms. The van der Waals surface area contributed by atoms with Crippen molar-refractivity contribution in [1.82, 2.24) is 10.2 Å². The van der Waals surface area contributed by atoms with Crippen molar-refractivity contribution in [3.63, 3.8) is 0 Å². The molecule has 6 heteroatoms. The Bertz CT molecular complexity index is 1090. The fraction of sp³-hybridized carbons (Fsp3) is 0.280. The van der Waals surface area contributed by atoms with E-state index in [-0.39, 0.29) is 11.8 Å². The molecule has 2 amide bonds. The Morgan fingerprint density at radius 2 is 1.65 bits per heavy atom. The van der Waals surface area contributed by atoms with E-state index in [0.29, 0.717) is 28.4 Å². The summed E-state index contributed by atoms with van der Waals surface area (Å²) >= 11 is 6.40. The van der Waals surface area contributed by atoms with E-state index in [1.54, 1.807) is 18.2 Å². The smallest absolute Gasteiger partial charge is 0.255 e. The fourth-order valence-electron chi connectivity index (χ4n) is 3.51. The average Bonchev–Trinajstić information content (AvgIpc) is 2.78. The molecule has 0 radical (unpaired) electrons. The molecule has 0 aliphatic rings. The molecule has 3 aromatic rings. The van der Waals surface area contributed by atoms with Gasteiger partial charge in [0, 0.05) is 24.2 Å². The van der Waals surface area contributed by atoms with Crippen LogP contribution in [0.3, 0.4) is 0 Å². The molecule has 0 spiro atoms. The number of benzene rings is 3. The lowest BCUT2D eigenvalue weighted by atomic mass is 10.1. The summed E-state index contributed by atoms with van der Waals surface area (Å²) < 4.78 is 0. The number of anilines is 1. The maximum absolute atomic E-state index is 12.7. The lowest BCUT2D eigenvalue weighted by Gasteiger charge is -2.18. The van der Waals surface area contributed by atoms with Gasteiger partial charge in [0.1, 0.15) is 0 Å². The van der Waals surface area contributed by atoms with E-state index in [2.05, 4.69) is 29.4 Å². The van der Waals surface area contributed by atoms with Crippen molar-refractivity contribution in [3.8, 4) is 0 Å². The Morgan fingerprint density at radius 1 is 0.935 bits per heavy atom. The number of carbonyl (C=O) groups is 2. The van der Waals surface area contributed by atoms with Crippen molar-refractivity contribution >= 4 is 39.9 Å². The first-order chi connectivity index (χ1) is 14.9. The van der Waals surface area contributed by atoms with Crippen LogP contribution in [-0.2, 0) is 0 Å². The molecule has 0 saturated carbocycles. The third kappa shape index (κ3) is 5.63. The lowest BCUT2D eigenvalue weighted by molar-refractivity contribution is 0.0947. The highest BCUT2D eigenvalue weighted by Crippen LogP contribution is 2.27. The number of aryl methyl sites for hydroxylation is 1. The fourth-order valence-corrected chi connectivity index (χ4v) is 3.72. The van der Waals surface area contributed by atoms with Crippen LogP contribution >= 0.6 is 11.6 Å². The number of amides is 2. The van der Waals surface area contributed by atoms with Gasteiger partial charge in [0.25, 0.3) is 11.8 Å². The standard InChI is InChI=1S/C25H28ClN3O2/c1-4-29(5-2)13-12-27-25(31)21-16-22(26)23(14-17(21)3)28-24(30)20-11-10-18-8-6-7-9-19(18)15-20/h6-11,14-16H,4-5,12-13H2,1-3H3,(H,27,31)(H,28,30). The third-order valence-corrected chi connectivity index (χ3v) is 5.74. The number of likely N-dealkylation sites (N-methyl/N-ethyl adjacent to an activating group) is 1. The van der Waals surface area contributed by atoms with E-state index in [0.717, 1.165) is 36.0 Å².